The largest absolute Gasteiger partial charge is 0.334 e. The third-order valence-corrected chi connectivity index (χ3v) is 4.66. The number of amides is 1. The van der Waals surface area contributed by atoms with Crippen molar-refractivity contribution in [1.29, 1.82) is 0 Å². The summed E-state index contributed by atoms with van der Waals surface area (Å²) in [5, 5.41) is 4.50. The van der Waals surface area contributed by atoms with Gasteiger partial charge in [-0.05, 0) is 37.8 Å². The van der Waals surface area contributed by atoms with Crippen molar-refractivity contribution in [2.45, 2.75) is 32.7 Å². The average Bonchev–Trinajstić information content (AvgIpc) is 2.97. The first-order chi connectivity index (χ1) is 11.1. The molecule has 2 heterocycles. The van der Waals surface area contributed by atoms with E-state index in [2.05, 4.69) is 12.0 Å². The molecule has 1 aromatic heterocycles. The molecule has 24 heavy (non-hydrogen) atoms. The van der Waals surface area contributed by atoms with Crippen LogP contribution in [0.5, 0.6) is 0 Å². The number of nitrogens with two attached hydrogens (primary N) is 1. The summed E-state index contributed by atoms with van der Waals surface area (Å²) in [6.07, 6.45) is 3.85. The average molecular weight is 349 g/mol. The lowest BCUT2D eigenvalue weighted by atomic mass is 9.92. The predicted octanol–water partition coefficient (Wildman–Crippen LogP) is 2.80. The quantitative estimate of drug-likeness (QED) is 0.927. The zero-order valence-corrected chi connectivity index (χ0v) is 15.0. The first-order valence-corrected chi connectivity index (χ1v) is 8.23. The van der Waals surface area contributed by atoms with Crippen molar-refractivity contribution in [3.8, 4) is 5.69 Å². The fourth-order valence-electron chi connectivity index (χ4n) is 3.28. The molecule has 130 valence electrons. The number of aromatic nitrogens is 2. The van der Waals surface area contributed by atoms with Gasteiger partial charge in [-0.3, -0.25) is 4.79 Å². The van der Waals surface area contributed by atoms with Gasteiger partial charge in [0.1, 0.15) is 0 Å². The summed E-state index contributed by atoms with van der Waals surface area (Å²) in [4.78, 5) is 14.9. The minimum absolute atomic E-state index is 0. The Morgan fingerprint density at radius 2 is 2.04 bits per heavy atom. The Morgan fingerprint density at radius 3 is 2.71 bits per heavy atom. The second-order valence-electron chi connectivity index (χ2n) is 6.43. The fourth-order valence-corrected chi connectivity index (χ4v) is 3.28. The molecular formula is C18H25ClN4O. The van der Waals surface area contributed by atoms with E-state index in [9.17, 15) is 4.79 Å². The van der Waals surface area contributed by atoms with Crippen molar-refractivity contribution in [2.24, 2.45) is 11.7 Å². The van der Waals surface area contributed by atoms with Crippen molar-refractivity contribution in [3.63, 3.8) is 0 Å². The number of halogens is 1. The van der Waals surface area contributed by atoms with Gasteiger partial charge in [0.15, 0.2) is 0 Å². The highest BCUT2D eigenvalue weighted by molar-refractivity contribution is 5.95. The van der Waals surface area contributed by atoms with Crippen LogP contribution < -0.4 is 5.73 Å². The first kappa shape index (κ1) is 18.5. The van der Waals surface area contributed by atoms with E-state index in [0.717, 1.165) is 30.8 Å². The second-order valence-corrected chi connectivity index (χ2v) is 6.43. The second kappa shape index (κ2) is 7.81. The third kappa shape index (κ3) is 3.62. The standard InChI is InChI=1S/C18H24N4O.ClH/c1-13-8-9-21(16(10-13)11-19)18(23)17-12-22(20-14(17)2)15-6-4-3-5-7-15;/h3-7,12-13,16H,8-11,19H2,1-2H3;1H. The van der Waals surface area contributed by atoms with Gasteiger partial charge in [0.2, 0.25) is 0 Å². The van der Waals surface area contributed by atoms with Crippen LogP contribution in [0, 0.1) is 12.8 Å². The number of rotatable bonds is 3. The van der Waals surface area contributed by atoms with Crippen LogP contribution in [0.1, 0.15) is 35.8 Å². The van der Waals surface area contributed by atoms with Gasteiger partial charge in [0.25, 0.3) is 5.91 Å². The predicted molar refractivity (Wildman–Crippen MR) is 97.8 cm³/mol. The molecule has 0 spiro atoms. The summed E-state index contributed by atoms with van der Waals surface area (Å²) in [6.45, 7) is 5.40. The molecule has 5 nitrogen and oxygen atoms in total. The van der Waals surface area contributed by atoms with Crippen molar-refractivity contribution in [1.82, 2.24) is 14.7 Å². The lowest BCUT2D eigenvalue weighted by Crippen LogP contribution is -2.49. The number of benzene rings is 1. The molecule has 1 fully saturated rings. The maximum atomic E-state index is 13.0. The number of nitrogens with zero attached hydrogens (tertiary/aromatic N) is 3. The van der Waals surface area contributed by atoms with E-state index in [1.807, 2.05) is 48.4 Å². The Kier molecular flexibility index (Phi) is 6.02. The monoisotopic (exact) mass is 348 g/mol. The Hall–Kier alpha value is -1.85. The van der Waals surface area contributed by atoms with Crippen LogP contribution in [-0.2, 0) is 0 Å². The van der Waals surface area contributed by atoms with E-state index in [-0.39, 0.29) is 24.4 Å². The van der Waals surface area contributed by atoms with E-state index in [1.165, 1.54) is 0 Å². The molecule has 0 radical (unpaired) electrons. The normalized spacial score (nSPS) is 20.5. The molecule has 2 atom stereocenters. The zero-order valence-electron chi connectivity index (χ0n) is 14.2. The van der Waals surface area contributed by atoms with Gasteiger partial charge in [-0.1, -0.05) is 25.1 Å². The van der Waals surface area contributed by atoms with Crippen LogP contribution in [0.2, 0.25) is 0 Å². The highest BCUT2D eigenvalue weighted by Crippen LogP contribution is 2.24. The smallest absolute Gasteiger partial charge is 0.257 e. The molecule has 0 aliphatic carbocycles. The molecule has 1 aliphatic heterocycles. The van der Waals surface area contributed by atoms with Gasteiger partial charge in [0, 0.05) is 25.3 Å². The molecule has 2 aromatic rings. The summed E-state index contributed by atoms with van der Waals surface area (Å²) in [6, 6.07) is 9.98. The van der Waals surface area contributed by atoms with Crippen molar-refractivity contribution in [3.05, 3.63) is 47.8 Å². The van der Waals surface area contributed by atoms with Crippen LogP contribution in [0.4, 0.5) is 0 Å². The fraction of sp³-hybridized carbons (Fsp3) is 0.444. The summed E-state index contributed by atoms with van der Waals surface area (Å²) < 4.78 is 1.77. The highest BCUT2D eigenvalue weighted by atomic mass is 35.5. The zero-order chi connectivity index (χ0) is 16.4. The van der Waals surface area contributed by atoms with Gasteiger partial charge < -0.3 is 10.6 Å². The van der Waals surface area contributed by atoms with Crippen LogP contribution in [0.25, 0.3) is 5.69 Å². The maximum absolute atomic E-state index is 13.0. The summed E-state index contributed by atoms with van der Waals surface area (Å²) in [5.74, 6) is 0.674. The number of aryl methyl sites for hydroxylation is 1. The van der Waals surface area contributed by atoms with Crippen molar-refractivity contribution in [2.75, 3.05) is 13.1 Å². The van der Waals surface area contributed by atoms with Gasteiger partial charge in [-0.2, -0.15) is 5.10 Å². The van der Waals surface area contributed by atoms with Crippen LogP contribution >= 0.6 is 12.4 Å². The molecule has 0 bridgehead atoms. The third-order valence-electron chi connectivity index (χ3n) is 4.66. The summed E-state index contributed by atoms with van der Waals surface area (Å²) in [7, 11) is 0. The Balaban J connectivity index is 0.00000208. The molecule has 3 rings (SSSR count). The number of carbonyl (C=O) groups is 1. The van der Waals surface area contributed by atoms with Crippen molar-refractivity contribution < 1.29 is 4.79 Å². The Bertz CT molecular complexity index is 686. The Labute approximate surface area is 149 Å². The van der Waals surface area contributed by atoms with Gasteiger partial charge in [-0.15, -0.1) is 12.4 Å². The molecule has 1 amide bonds. The number of piperidine rings is 1. The number of likely N-dealkylation sites (tertiary alicyclic amines) is 1. The maximum Gasteiger partial charge on any atom is 0.257 e. The molecule has 2 unspecified atom stereocenters. The van der Waals surface area contributed by atoms with Gasteiger partial charge in [0.05, 0.1) is 16.9 Å². The number of carbonyl (C=O) groups excluding carboxylic acids is 1. The van der Waals surface area contributed by atoms with E-state index < -0.39 is 0 Å². The number of hydrogen-bond acceptors (Lipinski definition) is 3. The van der Waals surface area contributed by atoms with Crippen LogP contribution in [0.15, 0.2) is 36.5 Å². The summed E-state index contributed by atoms with van der Waals surface area (Å²) in [5.41, 5.74) is 8.27. The molecule has 1 aliphatic rings. The lowest BCUT2D eigenvalue weighted by molar-refractivity contribution is 0.0573. The topological polar surface area (TPSA) is 64.2 Å². The highest BCUT2D eigenvalue weighted by Gasteiger charge is 2.31. The molecule has 0 saturated carbocycles. The van der Waals surface area contributed by atoms with Crippen molar-refractivity contribution >= 4 is 18.3 Å². The summed E-state index contributed by atoms with van der Waals surface area (Å²) >= 11 is 0. The van der Waals surface area contributed by atoms with Gasteiger partial charge >= 0.3 is 0 Å². The molecule has 2 N–H and O–H groups in total. The molecule has 1 aromatic carbocycles. The lowest BCUT2D eigenvalue weighted by Gasteiger charge is -2.37. The van der Waals surface area contributed by atoms with E-state index in [0.29, 0.717) is 18.0 Å². The van der Waals surface area contributed by atoms with E-state index in [1.54, 1.807) is 4.68 Å². The number of hydrogen-bond donors (Lipinski definition) is 1. The SMILES string of the molecule is Cc1nn(-c2ccccc2)cc1C(=O)N1CCC(C)CC1CN.Cl. The van der Waals surface area contributed by atoms with Crippen LogP contribution in [-0.4, -0.2) is 39.7 Å². The minimum Gasteiger partial charge on any atom is -0.334 e. The molecule has 6 heteroatoms. The van der Waals surface area contributed by atoms with E-state index >= 15 is 0 Å². The minimum atomic E-state index is 0. The van der Waals surface area contributed by atoms with Gasteiger partial charge in [-0.25, -0.2) is 4.68 Å². The first-order valence-electron chi connectivity index (χ1n) is 8.23. The van der Waals surface area contributed by atoms with Crippen LogP contribution in [0.3, 0.4) is 0 Å². The number of para-hydroxylation sites is 1. The Morgan fingerprint density at radius 1 is 1.33 bits per heavy atom. The van der Waals surface area contributed by atoms with E-state index in [4.69, 9.17) is 5.73 Å². The molecular weight excluding hydrogens is 324 g/mol. The molecule has 1 saturated heterocycles.